The van der Waals surface area contributed by atoms with Crippen molar-refractivity contribution in [3.8, 4) is 0 Å². The number of benzene rings is 1. The third kappa shape index (κ3) is 2.41. The van der Waals surface area contributed by atoms with Crippen molar-refractivity contribution in [2.24, 2.45) is 5.92 Å². The number of hydrogen-bond donors (Lipinski definition) is 0. The van der Waals surface area contributed by atoms with Crippen molar-refractivity contribution in [3.63, 3.8) is 0 Å². The average Bonchev–Trinajstić information content (AvgIpc) is 2.81. The van der Waals surface area contributed by atoms with Crippen molar-refractivity contribution in [3.05, 3.63) is 47.1 Å². The fourth-order valence-electron chi connectivity index (χ4n) is 3.06. The van der Waals surface area contributed by atoms with Gasteiger partial charge in [0.25, 0.3) is 10.0 Å². The predicted molar refractivity (Wildman–Crippen MR) is 82.1 cm³/mol. The summed E-state index contributed by atoms with van der Waals surface area (Å²) >= 11 is 0. The maximum Gasteiger partial charge on any atom is 0.263 e. The SMILES string of the molecule is CCCCO/C=C/S(=O)(=O)N1C(=O)C2Cc3ccccc3C21. The lowest BCUT2D eigenvalue weighted by Crippen LogP contribution is -2.55. The Bertz CT molecular complexity index is 711. The van der Waals surface area contributed by atoms with Gasteiger partial charge in [0, 0.05) is 0 Å². The molecule has 22 heavy (non-hydrogen) atoms. The Balaban J connectivity index is 1.76. The van der Waals surface area contributed by atoms with Gasteiger partial charge >= 0.3 is 0 Å². The quantitative estimate of drug-likeness (QED) is 0.458. The summed E-state index contributed by atoms with van der Waals surface area (Å²) in [5.74, 6) is -0.555. The Hall–Kier alpha value is -1.82. The predicted octanol–water partition coefficient (Wildman–Crippen LogP) is 2.36. The van der Waals surface area contributed by atoms with Crippen molar-refractivity contribution in [1.82, 2.24) is 4.31 Å². The first-order valence-corrected chi connectivity index (χ1v) is 9.01. The lowest BCUT2D eigenvalue weighted by atomic mass is 9.91. The highest BCUT2D eigenvalue weighted by Crippen LogP contribution is 2.50. The van der Waals surface area contributed by atoms with E-state index in [0.717, 1.165) is 33.7 Å². The topological polar surface area (TPSA) is 63.7 Å². The maximum atomic E-state index is 12.3. The second kappa shape index (κ2) is 5.76. The van der Waals surface area contributed by atoms with Crippen LogP contribution in [0.1, 0.15) is 36.9 Å². The van der Waals surface area contributed by atoms with Gasteiger partial charge < -0.3 is 4.74 Å². The van der Waals surface area contributed by atoms with E-state index in [0.29, 0.717) is 13.0 Å². The second-order valence-corrected chi connectivity index (χ2v) is 7.33. The molecule has 0 bridgehead atoms. The molecule has 5 nitrogen and oxygen atoms in total. The van der Waals surface area contributed by atoms with Crippen LogP contribution in [-0.4, -0.2) is 25.2 Å². The Kier molecular flexibility index (Phi) is 3.95. The first-order valence-electron chi connectivity index (χ1n) is 7.50. The number of carbonyl (C=O) groups excluding carboxylic acids is 1. The van der Waals surface area contributed by atoms with Crippen molar-refractivity contribution in [1.29, 1.82) is 0 Å². The second-order valence-electron chi connectivity index (χ2n) is 5.63. The van der Waals surface area contributed by atoms with E-state index in [1.807, 2.05) is 31.2 Å². The summed E-state index contributed by atoms with van der Waals surface area (Å²) in [6.45, 7) is 2.51. The molecule has 3 rings (SSSR count). The molecule has 0 N–H and O–H groups in total. The van der Waals surface area contributed by atoms with Crippen molar-refractivity contribution < 1.29 is 17.9 Å². The van der Waals surface area contributed by atoms with Gasteiger partial charge in [-0.2, -0.15) is 0 Å². The molecule has 0 spiro atoms. The monoisotopic (exact) mass is 321 g/mol. The molecule has 1 heterocycles. The molecule has 1 amide bonds. The molecular weight excluding hydrogens is 302 g/mol. The lowest BCUT2D eigenvalue weighted by Gasteiger charge is -2.41. The summed E-state index contributed by atoms with van der Waals surface area (Å²) in [5.41, 5.74) is 2.00. The summed E-state index contributed by atoms with van der Waals surface area (Å²) in [5, 5.41) is 0.984. The highest BCUT2D eigenvalue weighted by molar-refractivity contribution is 7.92. The highest BCUT2D eigenvalue weighted by atomic mass is 32.2. The molecule has 1 aliphatic carbocycles. The zero-order chi connectivity index (χ0) is 15.7. The molecule has 1 aromatic carbocycles. The van der Waals surface area contributed by atoms with E-state index in [1.54, 1.807) is 0 Å². The fraction of sp³-hybridized carbons (Fsp3) is 0.438. The van der Waals surface area contributed by atoms with Gasteiger partial charge in [0.15, 0.2) is 0 Å². The molecular formula is C16H19NO4S. The van der Waals surface area contributed by atoms with Gasteiger partial charge in [-0.05, 0) is 24.0 Å². The van der Waals surface area contributed by atoms with Crippen molar-refractivity contribution >= 4 is 15.9 Å². The van der Waals surface area contributed by atoms with Crippen molar-refractivity contribution in [2.45, 2.75) is 32.2 Å². The Morgan fingerprint density at radius 2 is 2.14 bits per heavy atom. The van der Waals surface area contributed by atoms with Crippen LogP contribution in [0, 0.1) is 5.92 Å². The van der Waals surface area contributed by atoms with Crippen LogP contribution in [-0.2, 0) is 26.0 Å². The molecule has 118 valence electrons. The number of amides is 1. The van der Waals surface area contributed by atoms with Gasteiger partial charge in [-0.1, -0.05) is 37.6 Å². The minimum Gasteiger partial charge on any atom is -0.500 e. The summed E-state index contributed by atoms with van der Waals surface area (Å²) in [6, 6.07) is 7.28. The number of nitrogens with zero attached hydrogens (tertiary/aromatic N) is 1. The van der Waals surface area contributed by atoms with Gasteiger partial charge in [-0.3, -0.25) is 4.79 Å². The first kappa shape index (κ1) is 15.1. The van der Waals surface area contributed by atoms with Gasteiger partial charge in [-0.15, -0.1) is 0 Å². The van der Waals surface area contributed by atoms with Gasteiger partial charge in [0.05, 0.1) is 30.2 Å². The number of carbonyl (C=O) groups is 1. The molecule has 0 aromatic heterocycles. The minimum absolute atomic E-state index is 0.235. The molecule has 1 saturated heterocycles. The summed E-state index contributed by atoms with van der Waals surface area (Å²) in [6.07, 6.45) is 3.64. The van der Waals surface area contributed by atoms with Gasteiger partial charge in [-0.25, -0.2) is 12.7 Å². The zero-order valence-corrected chi connectivity index (χ0v) is 13.3. The number of sulfonamides is 1. The molecule has 0 saturated carbocycles. The normalized spacial score (nSPS) is 23.3. The lowest BCUT2D eigenvalue weighted by molar-refractivity contribution is -0.145. The number of fused-ring (bicyclic) bond motifs is 3. The van der Waals surface area contributed by atoms with Crippen LogP contribution < -0.4 is 0 Å². The zero-order valence-electron chi connectivity index (χ0n) is 12.4. The van der Waals surface area contributed by atoms with Crippen LogP contribution >= 0.6 is 0 Å². The third-order valence-electron chi connectivity index (χ3n) is 4.20. The minimum atomic E-state index is -3.78. The number of rotatable bonds is 6. The molecule has 2 unspecified atom stereocenters. The van der Waals surface area contributed by atoms with Crippen LogP contribution in [0.3, 0.4) is 0 Å². The Morgan fingerprint density at radius 3 is 2.91 bits per heavy atom. The van der Waals surface area contributed by atoms with E-state index >= 15 is 0 Å². The van der Waals surface area contributed by atoms with E-state index in [2.05, 4.69) is 0 Å². The highest BCUT2D eigenvalue weighted by Gasteiger charge is 2.56. The van der Waals surface area contributed by atoms with Gasteiger partial charge in [0.1, 0.15) is 0 Å². The van der Waals surface area contributed by atoms with Crippen LogP contribution in [0.15, 0.2) is 35.9 Å². The van der Waals surface area contributed by atoms with Crippen molar-refractivity contribution in [2.75, 3.05) is 6.61 Å². The van der Waals surface area contributed by atoms with E-state index in [4.69, 9.17) is 4.74 Å². The largest absolute Gasteiger partial charge is 0.500 e. The molecule has 2 aliphatic rings. The molecule has 1 fully saturated rings. The first-order chi connectivity index (χ1) is 10.6. The van der Waals surface area contributed by atoms with Gasteiger partial charge in [0.2, 0.25) is 5.91 Å². The fourth-order valence-corrected chi connectivity index (χ4v) is 4.37. The average molecular weight is 321 g/mol. The molecule has 1 aliphatic heterocycles. The van der Waals surface area contributed by atoms with Crippen LogP contribution in [0.5, 0.6) is 0 Å². The standard InChI is InChI=1S/C16H19NO4S/c1-2-3-8-21-9-10-22(19,20)17-15-13-7-5-4-6-12(13)11-14(15)16(17)18/h4-7,9-10,14-15H,2-3,8,11H2,1H3/b10-9+. The molecule has 0 radical (unpaired) electrons. The number of β-lactam (4-membered cyclic amide) rings is 1. The number of hydrogen-bond acceptors (Lipinski definition) is 4. The third-order valence-corrected chi connectivity index (χ3v) is 5.61. The molecule has 2 atom stereocenters. The Morgan fingerprint density at radius 1 is 1.36 bits per heavy atom. The number of ether oxygens (including phenoxy) is 1. The van der Waals surface area contributed by atoms with E-state index < -0.39 is 10.0 Å². The molecule has 6 heteroatoms. The number of unbranched alkanes of at least 4 members (excludes halogenated alkanes) is 1. The smallest absolute Gasteiger partial charge is 0.263 e. The van der Waals surface area contributed by atoms with Crippen LogP contribution in [0.2, 0.25) is 0 Å². The molecule has 1 aromatic rings. The summed E-state index contributed by atoms with van der Waals surface area (Å²) in [4.78, 5) is 12.2. The summed E-state index contributed by atoms with van der Waals surface area (Å²) < 4.78 is 30.8. The summed E-state index contributed by atoms with van der Waals surface area (Å²) in [7, 11) is -3.78. The van der Waals surface area contributed by atoms with Crippen LogP contribution in [0.25, 0.3) is 0 Å². The van der Waals surface area contributed by atoms with E-state index in [1.165, 1.54) is 6.26 Å². The van der Waals surface area contributed by atoms with E-state index in [-0.39, 0.29) is 17.9 Å². The van der Waals surface area contributed by atoms with Crippen LogP contribution in [0.4, 0.5) is 0 Å². The maximum absolute atomic E-state index is 12.3. The van der Waals surface area contributed by atoms with E-state index in [9.17, 15) is 13.2 Å². The Labute approximate surface area is 130 Å².